The van der Waals surface area contributed by atoms with E-state index < -0.39 is 21.6 Å². The molecule has 0 bridgehead atoms. The molecule has 0 spiro atoms. The first-order valence-electron chi connectivity index (χ1n) is 4.77. The molecule has 0 radical (unpaired) electrons. The van der Waals surface area contributed by atoms with Gasteiger partial charge >= 0.3 is 5.97 Å². The maximum atomic E-state index is 11.3. The molecule has 86 valence electrons. The van der Waals surface area contributed by atoms with Crippen LogP contribution in [-0.2, 0) is 9.53 Å². The SMILES string of the molecule is O=C1OC[C@@H]([C@@H](Cl)c2ccccc2)C1(Cl)Cl. The van der Waals surface area contributed by atoms with Crippen molar-refractivity contribution in [3.05, 3.63) is 35.9 Å². The molecule has 16 heavy (non-hydrogen) atoms. The lowest BCUT2D eigenvalue weighted by atomic mass is 9.97. The summed E-state index contributed by atoms with van der Waals surface area (Å²) in [5.74, 6) is -1.06. The first-order chi connectivity index (χ1) is 7.53. The van der Waals surface area contributed by atoms with Gasteiger partial charge in [0, 0.05) is 0 Å². The van der Waals surface area contributed by atoms with Crippen molar-refractivity contribution in [2.45, 2.75) is 9.71 Å². The highest BCUT2D eigenvalue weighted by Gasteiger charge is 2.53. The number of carbonyl (C=O) groups excluding carboxylic acids is 1. The van der Waals surface area contributed by atoms with Crippen LogP contribution in [0.3, 0.4) is 0 Å². The number of hydrogen-bond donors (Lipinski definition) is 0. The van der Waals surface area contributed by atoms with Crippen LogP contribution in [0.4, 0.5) is 0 Å². The van der Waals surface area contributed by atoms with E-state index in [2.05, 4.69) is 0 Å². The highest BCUT2D eigenvalue weighted by atomic mass is 35.5. The Morgan fingerprint density at radius 2 is 1.94 bits per heavy atom. The van der Waals surface area contributed by atoms with Crippen LogP contribution < -0.4 is 0 Å². The number of esters is 1. The summed E-state index contributed by atoms with van der Waals surface area (Å²) in [5, 5.41) is -0.442. The Balaban J connectivity index is 2.24. The number of halogens is 3. The van der Waals surface area contributed by atoms with Crippen LogP contribution in [0.1, 0.15) is 10.9 Å². The van der Waals surface area contributed by atoms with Crippen LogP contribution in [0, 0.1) is 5.92 Å². The van der Waals surface area contributed by atoms with E-state index in [0.29, 0.717) is 0 Å². The van der Waals surface area contributed by atoms with E-state index in [9.17, 15) is 4.79 Å². The number of ether oxygens (including phenoxy) is 1. The quantitative estimate of drug-likeness (QED) is 0.613. The molecule has 1 aromatic carbocycles. The zero-order chi connectivity index (χ0) is 11.8. The summed E-state index contributed by atoms with van der Waals surface area (Å²) in [6.45, 7) is 0.148. The Morgan fingerprint density at radius 1 is 1.31 bits per heavy atom. The van der Waals surface area contributed by atoms with Gasteiger partial charge in [-0.1, -0.05) is 53.5 Å². The highest BCUT2D eigenvalue weighted by molar-refractivity contribution is 6.58. The summed E-state index contributed by atoms with van der Waals surface area (Å²) in [4.78, 5) is 11.3. The molecule has 0 amide bonds. The molecule has 2 nitrogen and oxygen atoms in total. The van der Waals surface area contributed by atoms with E-state index in [1.807, 2.05) is 30.3 Å². The first kappa shape index (κ1) is 12.0. The minimum Gasteiger partial charge on any atom is -0.463 e. The molecule has 0 saturated carbocycles. The van der Waals surface area contributed by atoms with Crippen molar-refractivity contribution in [1.29, 1.82) is 0 Å². The largest absolute Gasteiger partial charge is 0.463 e. The van der Waals surface area contributed by atoms with Gasteiger partial charge < -0.3 is 4.74 Å². The third kappa shape index (κ3) is 2.02. The summed E-state index contributed by atoms with van der Waals surface area (Å²) in [5.41, 5.74) is 0.873. The van der Waals surface area contributed by atoms with Gasteiger partial charge in [-0.15, -0.1) is 11.6 Å². The topological polar surface area (TPSA) is 26.3 Å². The molecule has 0 aromatic heterocycles. The van der Waals surface area contributed by atoms with Gasteiger partial charge in [0.25, 0.3) is 0 Å². The summed E-state index contributed by atoms with van der Waals surface area (Å²) >= 11 is 18.1. The van der Waals surface area contributed by atoms with E-state index in [4.69, 9.17) is 39.5 Å². The predicted octanol–water partition coefficient (Wildman–Crippen LogP) is 3.31. The second-order valence-electron chi connectivity index (χ2n) is 3.64. The Bertz CT molecular complexity index is 391. The Morgan fingerprint density at radius 3 is 2.44 bits per heavy atom. The lowest BCUT2D eigenvalue weighted by Crippen LogP contribution is -2.30. The fourth-order valence-electron chi connectivity index (χ4n) is 1.66. The van der Waals surface area contributed by atoms with Gasteiger partial charge in [0.2, 0.25) is 4.33 Å². The third-order valence-corrected chi connectivity index (χ3v) is 4.03. The number of carbonyl (C=O) groups is 1. The summed E-state index contributed by atoms with van der Waals surface area (Å²) in [7, 11) is 0. The van der Waals surface area contributed by atoms with Crippen LogP contribution in [-0.4, -0.2) is 16.9 Å². The Labute approximate surface area is 108 Å². The monoisotopic (exact) mass is 278 g/mol. The smallest absolute Gasteiger partial charge is 0.343 e. The maximum Gasteiger partial charge on any atom is 0.343 e. The molecule has 0 unspecified atom stereocenters. The second-order valence-corrected chi connectivity index (χ2v) is 5.50. The van der Waals surface area contributed by atoms with E-state index in [1.165, 1.54) is 0 Å². The normalized spacial score (nSPS) is 25.2. The maximum absolute atomic E-state index is 11.3. The van der Waals surface area contributed by atoms with E-state index in [1.54, 1.807) is 0 Å². The predicted molar refractivity (Wildman–Crippen MR) is 63.9 cm³/mol. The molecule has 1 aliphatic rings. The van der Waals surface area contributed by atoms with Crippen molar-refractivity contribution < 1.29 is 9.53 Å². The fourth-order valence-corrected chi connectivity index (χ4v) is 2.68. The molecule has 0 N–H and O–H groups in total. The molecule has 2 rings (SSSR count). The van der Waals surface area contributed by atoms with Gasteiger partial charge in [0.05, 0.1) is 17.9 Å². The van der Waals surface area contributed by atoms with Gasteiger partial charge in [0.1, 0.15) is 0 Å². The van der Waals surface area contributed by atoms with Gasteiger partial charge in [-0.2, -0.15) is 0 Å². The Hall–Kier alpha value is -0.440. The molecular weight excluding hydrogens is 270 g/mol. The summed E-state index contributed by atoms with van der Waals surface area (Å²) in [6, 6.07) is 9.35. The van der Waals surface area contributed by atoms with Crippen LogP contribution in [0.15, 0.2) is 30.3 Å². The van der Waals surface area contributed by atoms with E-state index in [0.717, 1.165) is 5.56 Å². The number of benzene rings is 1. The third-order valence-electron chi connectivity index (χ3n) is 2.60. The van der Waals surface area contributed by atoms with Crippen LogP contribution in [0.2, 0.25) is 0 Å². The van der Waals surface area contributed by atoms with Crippen molar-refractivity contribution in [2.24, 2.45) is 5.92 Å². The van der Waals surface area contributed by atoms with Crippen molar-refractivity contribution >= 4 is 40.8 Å². The number of rotatable bonds is 2. The van der Waals surface area contributed by atoms with E-state index in [-0.39, 0.29) is 6.61 Å². The molecule has 5 heteroatoms. The number of hydrogen-bond acceptors (Lipinski definition) is 2. The molecule has 2 atom stereocenters. The molecule has 0 aliphatic carbocycles. The lowest BCUT2D eigenvalue weighted by Gasteiger charge is -2.22. The molecule has 1 fully saturated rings. The highest BCUT2D eigenvalue weighted by Crippen LogP contribution is 2.46. The van der Waals surface area contributed by atoms with Crippen LogP contribution in [0.5, 0.6) is 0 Å². The van der Waals surface area contributed by atoms with Gasteiger partial charge in [-0.25, -0.2) is 4.79 Å². The molecule has 1 saturated heterocycles. The minimum absolute atomic E-state index is 0.148. The van der Waals surface area contributed by atoms with E-state index >= 15 is 0 Å². The van der Waals surface area contributed by atoms with Gasteiger partial charge in [0.15, 0.2) is 0 Å². The van der Waals surface area contributed by atoms with Crippen molar-refractivity contribution in [3.8, 4) is 0 Å². The van der Waals surface area contributed by atoms with Gasteiger partial charge in [-0.3, -0.25) is 0 Å². The summed E-state index contributed by atoms with van der Waals surface area (Å²) < 4.78 is 3.28. The average Bonchev–Trinajstić information content (AvgIpc) is 2.54. The number of cyclic esters (lactones) is 1. The number of alkyl halides is 3. The van der Waals surface area contributed by atoms with Crippen molar-refractivity contribution in [1.82, 2.24) is 0 Å². The second kappa shape index (κ2) is 4.44. The van der Waals surface area contributed by atoms with Crippen molar-refractivity contribution in [3.63, 3.8) is 0 Å². The standard InChI is InChI=1S/C11H9Cl3O2/c12-9(7-4-2-1-3-5-7)8-6-16-10(15)11(8,13)14/h1-5,8-9H,6H2/t8-,9-/m0/s1. The fraction of sp³-hybridized carbons (Fsp3) is 0.364. The zero-order valence-corrected chi connectivity index (χ0v) is 10.5. The molecular formula is C11H9Cl3O2. The van der Waals surface area contributed by atoms with Crippen LogP contribution in [0.25, 0.3) is 0 Å². The summed E-state index contributed by atoms with van der Waals surface area (Å²) in [6.07, 6.45) is 0. The molecule has 1 heterocycles. The average molecular weight is 280 g/mol. The minimum atomic E-state index is -1.55. The molecule has 1 aromatic rings. The lowest BCUT2D eigenvalue weighted by molar-refractivity contribution is -0.138. The van der Waals surface area contributed by atoms with Crippen molar-refractivity contribution in [2.75, 3.05) is 6.61 Å². The zero-order valence-electron chi connectivity index (χ0n) is 8.20. The van der Waals surface area contributed by atoms with Gasteiger partial charge in [-0.05, 0) is 5.56 Å². The van der Waals surface area contributed by atoms with Crippen LogP contribution >= 0.6 is 34.8 Å². The Kier molecular flexibility index (Phi) is 3.34. The molecule has 1 aliphatic heterocycles. The first-order valence-corrected chi connectivity index (χ1v) is 5.97.